The number of nitrogens with zero attached hydrogens (tertiary/aromatic N) is 2. The minimum atomic E-state index is -3.99. The SMILES string of the molecule is Cc1ccc(S(=O)(=O)N(CC(=O)N/N=C\c2ccc(OCc3ccccc3)cc2)c2ccccc2C)cc1. The van der Waals surface area contributed by atoms with E-state index in [9.17, 15) is 13.2 Å². The van der Waals surface area contributed by atoms with Crippen LogP contribution in [0.4, 0.5) is 5.69 Å². The van der Waals surface area contributed by atoms with E-state index in [0.29, 0.717) is 18.0 Å². The molecule has 194 valence electrons. The van der Waals surface area contributed by atoms with Gasteiger partial charge in [0.05, 0.1) is 16.8 Å². The molecule has 38 heavy (non-hydrogen) atoms. The molecule has 0 unspecified atom stereocenters. The maximum atomic E-state index is 13.5. The molecule has 0 fully saturated rings. The van der Waals surface area contributed by atoms with Crippen LogP contribution in [0.2, 0.25) is 0 Å². The normalized spacial score (nSPS) is 11.3. The van der Waals surface area contributed by atoms with Gasteiger partial charge < -0.3 is 4.74 Å². The summed E-state index contributed by atoms with van der Waals surface area (Å²) >= 11 is 0. The predicted octanol–water partition coefficient (Wildman–Crippen LogP) is 5.23. The summed E-state index contributed by atoms with van der Waals surface area (Å²) in [5.74, 6) is 0.147. The fourth-order valence-corrected chi connectivity index (χ4v) is 5.20. The smallest absolute Gasteiger partial charge is 0.264 e. The summed E-state index contributed by atoms with van der Waals surface area (Å²) in [5.41, 5.74) is 6.36. The summed E-state index contributed by atoms with van der Waals surface area (Å²) in [5, 5.41) is 4.01. The van der Waals surface area contributed by atoms with Crippen molar-refractivity contribution in [2.45, 2.75) is 25.3 Å². The molecular weight excluding hydrogens is 498 g/mol. The molecule has 0 saturated carbocycles. The number of amides is 1. The Bertz CT molecular complexity index is 1500. The number of hydrogen-bond donors (Lipinski definition) is 1. The second-order valence-corrected chi connectivity index (χ2v) is 10.6. The molecule has 0 saturated heterocycles. The van der Waals surface area contributed by atoms with Crippen LogP contribution in [-0.2, 0) is 21.4 Å². The topological polar surface area (TPSA) is 88.1 Å². The molecule has 0 radical (unpaired) electrons. The third-order valence-corrected chi connectivity index (χ3v) is 7.59. The first-order valence-electron chi connectivity index (χ1n) is 12.1. The van der Waals surface area contributed by atoms with Gasteiger partial charge in [-0.3, -0.25) is 9.10 Å². The highest BCUT2D eigenvalue weighted by atomic mass is 32.2. The van der Waals surface area contributed by atoms with Crippen LogP contribution >= 0.6 is 0 Å². The third kappa shape index (κ3) is 6.86. The maximum absolute atomic E-state index is 13.5. The van der Waals surface area contributed by atoms with Crippen LogP contribution < -0.4 is 14.5 Å². The van der Waals surface area contributed by atoms with Gasteiger partial charge in [-0.15, -0.1) is 0 Å². The zero-order valence-electron chi connectivity index (χ0n) is 21.2. The molecule has 1 amide bonds. The van der Waals surface area contributed by atoms with E-state index in [4.69, 9.17) is 4.74 Å². The van der Waals surface area contributed by atoms with E-state index in [2.05, 4.69) is 10.5 Å². The summed E-state index contributed by atoms with van der Waals surface area (Å²) in [7, 11) is -3.99. The minimum Gasteiger partial charge on any atom is -0.489 e. The molecule has 4 rings (SSSR count). The average Bonchev–Trinajstić information content (AvgIpc) is 2.92. The van der Waals surface area contributed by atoms with Crippen LogP contribution in [0.15, 0.2) is 113 Å². The molecule has 0 aromatic heterocycles. The van der Waals surface area contributed by atoms with Crippen LogP contribution in [0.5, 0.6) is 5.75 Å². The number of para-hydroxylation sites is 1. The number of hydrazone groups is 1. The molecule has 4 aromatic rings. The molecular formula is C30H29N3O4S. The quantitative estimate of drug-likeness (QED) is 0.226. The Morgan fingerprint density at radius 3 is 2.21 bits per heavy atom. The lowest BCUT2D eigenvalue weighted by Gasteiger charge is -2.25. The van der Waals surface area contributed by atoms with Gasteiger partial charge in [-0.05, 0) is 73.0 Å². The summed E-state index contributed by atoms with van der Waals surface area (Å²) in [4.78, 5) is 12.9. The average molecular weight is 528 g/mol. The monoisotopic (exact) mass is 527 g/mol. The lowest BCUT2D eigenvalue weighted by Crippen LogP contribution is -2.40. The Hall–Kier alpha value is -4.43. The molecule has 0 aliphatic carbocycles. The van der Waals surface area contributed by atoms with Gasteiger partial charge in [0.2, 0.25) is 0 Å². The van der Waals surface area contributed by atoms with Crippen LogP contribution in [0.3, 0.4) is 0 Å². The molecule has 7 nitrogen and oxygen atoms in total. The first kappa shape index (κ1) is 26.6. The van der Waals surface area contributed by atoms with E-state index >= 15 is 0 Å². The number of carbonyl (C=O) groups excluding carboxylic acids is 1. The van der Waals surface area contributed by atoms with Gasteiger partial charge in [-0.2, -0.15) is 5.10 Å². The van der Waals surface area contributed by atoms with Crippen molar-refractivity contribution in [2.24, 2.45) is 5.10 Å². The predicted molar refractivity (Wildman–Crippen MR) is 150 cm³/mol. The van der Waals surface area contributed by atoms with E-state index < -0.39 is 22.5 Å². The number of nitrogens with one attached hydrogen (secondary N) is 1. The van der Waals surface area contributed by atoms with Crippen molar-refractivity contribution in [3.63, 3.8) is 0 Å². The number of sulfonamides is 1. The molecule has 0 bridgehead atoms. The first-order chi connectivity index (χ1) is 18.3. The van der Waals surface area contributed by atoms with Gasteiger partial charge in [0.15, 0.2) is 0 Å². The lowest BCUT2D eigenvalue weighted by atomic mass is 10.2. The maximum Gasteiger partial charge on any atom is 0.264 e. The number of rotatable bonds is 10. The highest BCUT2D eigenvalue weighted by molar-refractivity contribution is 7.92. The molecule has 0 atom stereocenters. The van der Waals surface area contributed by atoms with Crippen LogP contribution in [0, 0.1) is 13.8 Å². The van der Waals surface area contributed by atoms with Gasteiger partial charge in [0.25, 0.3) is 15.9 Å². The van der Waals surface area contributed by atoms with E-state index in [0.717, 1.165) is 26.6 Å². The summed E-state index contributed by atoms with van der Waals surface area (Å²) in [6.45, 7) is 3.72. The molecule has 0 aliphatic heterocycles. The van der Waals surface area contributed by atoms with Gasteiger partial charge in [0, 0.05) is 0 Å². The van der Waals surface area contributed by atoms with E-state index in [1.54, 1.807) is 49.4 Å². The molecule has 0 aliphatic rings. The Labute approximate surface area is 223 Å². The zero-order chi connectivity index (χ0) is 27.0. The zero-order valence-corrected chi connectivity index (χ0v) is 22.1. The first-order valence-corrected chi connectivity index (χ1v) is 13.5. The number of benzene rings is 4. The van der Waals surface area contributed by atoms with Gasteiger partial charge in [-0.1, -0.05) is 66.2 Å². The van der Waals surface area contributed by atoms with E-state index in [1.807, 2.05) is 67.6 Å². The van der Waals surface area contributed by atoms with Crippen LogP contribution in [0.25, 0.3) is 0 Å². The standard InChI is InChI=1S/C30H29N3O4S/c1-23-12-18-28(19-13-23)38(35,36)33(29-11-7-6-8-24(29)2)21-30(34)32-31-20-25-14-16-27(17-15-25)37-22-26-9-4-3-5-10-26/h3-20H,21-22H2,1-2H3,(H,32,34)/b31-20-. The lowest BCUT2D eigenvalue weighted by molar-refractivity contribution is -0.119. The second kappa shape index (κ2) is 12.2. The number of aryl methyl sites for hydroxylation is 2. The second-order valence-electron chi connectivity index (χ2n) is 8.75. The Morgan fingerprint density at radius 2 is 1.53 bits per heavy atom. The Kier molecular flexibility index (Phi) is 8.55. The van der Waals surface area contributed by atoms with Crippen molar-refractivity contribution >= 4 is 27.8 Å². The highest BCUT2D eigenvalue weighted by Gasteiger charge is 2.28. The summed E-state index contributed by atoms with van der Waals surface area (Å²) in [6.07, 6.45) is 1.49. The largest absolute Gasteiger partial charge is 0.489 e. The van der Waals surface area contributed by atoms with Gasteiger partial charge >= 0.3 is 0 Å². The van der Waals surface area contributed by atoms with Crippen molar-refractivity contribution in [2.75, 3.05) is 10.8 Å². The summed E-state index contributed by atoms with van der Waals surface area (Å²) < 4.78 is 33.9. The highest BCUT2D eigenvalue weighted by Crippen LogP contribution is 2.26. The summed E-state index contributed by atoms with van der Waals surface area (Å²) in [6, 6.07) is 30.7. The molecule has 8 heteroatoms. The van der Waals surface area contributed by atoms with E-state index in [-0.39, 0.29) is 4.90 Å². The molecule has 0 spiro atoms. The molecule has 1 N–H and O–H groups in total. The molecule has 0 heterocycles. The van der Waals surface area contributed by atoms with Crippen molar-refractivity contribution in [1.82, 2.24) is 5.43 Å². The number of carbonyl (C=O) groups is 1. The van der Waals surface area contributed by atoms with Gasteiger partial charge in [0.1, 0.15) is 18.9 Å². The van der Waals surface area contributed by atoms with Crippen molar-refractivity contribution in [3.8, 4) is 5.75 Å². The van der Waals surface area contributed by atoms with Gasteiger partial charge in [-0.25, -0.2) is 13.8 Å². The van der Waals surface area contributed by atoms with Crippen LogP contribution in [0.1, 0.15) is 22.3 Å². The minimum absolute atomic E-state index is 0.109. The third-order valence-electron chi connectivity index (χ3n) is 5.81. The van der Waals surface area contributed by atoms with Crippen LogP contribution in [-0.4, -0.2) is 27.1 Å². The number of hydrogen-bond acceptors (Lipinski definition) is 5. The Balaban J connectivity index is 1.42. The van der Waals surface area contributed by atoms with Crippen molar-refractivity contribution in [3.05, 3.63) is 125 Å². The number of ether oxygens (including phenoxy) is 1. The number of anilines is 1. The molecule has 4 aromatic carbocycles. The van der Waals surface area contributed by atoms with E-state index in [1.165, 1.54) is 6.21 Å². The van der Waals surface area contributed by atoms with Crippen molar-refractivity contribution < 1.29 is 17.9 Å². The fourth-order valence-electron chi connectivity index (χ4n) is 3.72. The fraction of sp³-hybridized carbons (Fsp3) is 0.133. The Morgan fingerprint density at radius 1 is 0.868 bits per heavy atom. The van der Waals surface area contributed by atoms with Crippen molar-refractivity contribution in [1.29, 1.82) is 0 Å².